The zero-order valence-corrected chi connectivity index (χ0v) is 17.5. The normalized spacial score (nSPS) is 12.6. The Hall–Kier alpha value is -3.56. The molecule has 0 aliphatic rings. The molecule has 0 spiro atoms. The summed E-state index contributed by atoms with van der Waals surface area (Å²) in [5.41, 5.74) is 2.03. The highest BCUT2D eigenvalue weighted by molar-refractivity contribution is 5.98. The van der Waals surface area contributed by atoms with Crippen LogP contribution in [-0.4, -0.2) is 40.6 Å². The van der Waals surface area contributed by atoms with Gasteiger partial charge in [0.15, 0.2) is 6.61 Å². The predicted molar refractivity (Wildman–Crippen MR) is 113 cm³/mol. The highest BCUT2D eigenvalue weighted by atomic mass is 19.4. The molecule has 2 aromatic heterocycles. The van der Waals surface area contributed by atoms with Crippen molar-refractivity contribution >= 4 is 28.4 Å². The lowest BCUT2D eigenvalue weighted by molar-refractivity contribution is -0.154. The first-order valence-electron chi connectivity index (χ1n) is 9.94. The Morgan fingerprint density at radius 2 is 1.88 bits per heavy atom. The molecule has 3 N–H and O–H groups in total. The number of hydrogen-bond acceptors (Lipinski definition) is 4. The number of nitrogens with one attached hydrogen (secondary N) is 3. The standard InChI is InChI=1S/C22H23F3N4O3/c1-13(2)20(30)29-18(9-14-10-26-17-6-4-3-5-16(14)17)21(31)28-15-7-8-19(27-11-15)32-12-22(23,24)25/h3-8,10-11,13,18,26H,9,12H2,1-2H3,(H,28,31)(H,29,30). The van der Waals surface area contributed by atoms with Gasteiger partial charge in [0.2, 0.25) is 17.7 Å². The maximum Gasteiger partial charge on any atom is 0.422 e. The zero-order valence-electron chi connectivity index (χ0n) is 17.5. The first kappa shape index (κ1) is 23.1. The summed E-state index contributed by atoms with van der Waals surface area (Å²) in [5, 5.41) is 6.34. The quantitative estimate of drug-likeness (QED) is 0.488. The number of anilines is 1. The summed E-state index contributed by atoms with van der Waals surface area (Å²) in [5.74, 6) is -1.29. The number of aromatic amines is 1. The van der Waals surface area contributed by atoms with Gasteiger partial charge in [-0.1, -0.05) is 32.0 Å². The van der Waals surface area contributed by atoms with E-state index in [1.165, 1.54) is 18.3 Å². The third-order valence-electron chi connectivity index (χ3n) is 4.64. The molecule has 3 rings (SSSR count). The van der Waals surface area contributed by atoms with E-state index in [1.54, 1.807) is 20.0 Å². The second kappa shape index (κ2) is 9.71. The smallest absolute Gasteiger partial charge is 0.422 e. The molecule has 0 saturated carbocycles. The van der Waals surface area contributed by atoms with Gasteiger partial charge in [-0.15, -0.1) is 0 Å². The Morgan fingerprint density at radius 3 is 2.53 bits per heavy atom. The van der Waals surface area contributed by atoms with E-state index in [0.29, 0.717) is 0 Å². The number of carbonyl (C=O) groups is 2. The minimum Gasteiger partial charge on any atom is -0.468 e. The van der Waals surface area contributed by atoms with Gasteiger partial charge >= 0.3 is 6.18 Å². The van der Waals surface area contributed by atoms with Crippen molar-refractivity contribution in [2.24, 2.45) is 5.92 Å². The number of benzene rings is 1. The number of aromatic nitrogens is 2. The van der Waals surface area contributed by atoms with E-state index in [9.17, 15) is 22.8 Å². The van der Waals surface area contributed by atoms with Crippen LogP contribution >= 0.6 is 0 Å². The van der Waals surface area contributed by atoms with Gasteiger partial charge in [-0.05, 0) is 17.7 Å². The molecule has 0 aliphatic heterocycles. The summed E-state index contributed by atoms with van der Waals surface area (Å²) < 4.78 is 41.3. The number of para-hydroxylation sites is 1. The van der Waals surface area contributed by atoms with Gasteiger partial charge in [0.05, 0.1) is 11.9 Å². The van der Waals surface area contributed by atoms with Crippen molar-refractivity contribution in [3.05, 3.63) is 54.4 Å². The topological polar surface area (TPSA) is 96.1 Å². The molecule has 0 fully saturated rings. The van der Waals surface area contributed by atoms with Gasteiger partial charge in [0.1, 0.15) is 6.04 Å². The van der Waals surface area contributed by atoms with E-state index in [4.69, 9.17) is 0 Å². The third-order valence-corrected chi connectivity index (χ3v) is 4.64. The Balaban J connectivity index is 1.72. The average molecular weight is 448 g/mol. The van der Waals surface area contributed by atoms with Crippen LogP contribution in [0.4, 0.5) is 18.9 Å². The summed E-state index contributed by atoms with van der Waals surface area (Å²) >= 11 is 0. The second-order valence-corrected chi connectivity index (χ2v) is 7.56. The Kier molecular flexibility index (Phi) is 7.01. The lowest BCUT2D eigenvalue weighted by Gasteiger charge is -2.19. The fraction of sp³-hybridized carbons (Fsp3) is 0.318. The van der Waals surface area contributed by atoms with Crippen LogP contribution in [0, 0.1) is 5.92 Å². The summed E-state index contributed by atoms with van der Waals surface area (Å²) in [6.07, 6.45) is -1.25. The zero-order chi connectivity index (χ0) is 23.3. The van der Waals surface area contributed by atoms with Crippen LogP contribution in [0.3, 0.4) is 0 Å². The number of H-pyrrole nitrogens is 1. The van der Waals surface area contributed by atoms with Crippen molar-refractivity contribution in [3.63, 3.8) is 0 Å². The van der Waals surface area contributed by atoms with Crippen LogP contribution < -0.4 is 15.4 Å². The van der Waals surface area contributed by atoms with Crippen molar-refractivity contribution in [1.82, 2.24) is 15.3 Å². The van der Waals surface area contributed by atoms with Gasteiger partial charge in [0, 0.05) is 35.5 Å². The van der Waals surface area contributed by atoms with Crippen molar-refractivity contribution in [2.75, 3.05) is 11.9 Å². The van der Waals surface area contributed by atoms with E-state index >= 15 is 0 Å². The fourth-order valence-corrected chi connectivity index (χ4v) is 2.99. The molecule has 32 heavy (non-hydrogen) atoms. The SMILES string of the molecule is CC(C)C(=O)NC(Cc1c[nH]c2ccccc12)C(=O)Nc1ccc(OCC(F)(F)F)nc1. The lowest BCUT2D eigenvalue weighted by atomic mass is 10.0. The number of halogens is 3. The lowest BCUT2D eigenvalue weighted by Crippen LogP contribution is -2.46. The van der Waals surface area contributed by atoms with Crippen LogP contribution in [0.15, 0.2) is 48.8 Å². The molecule has 170 valence electrons. The Labute approximate surface area is 182 Å². The Bertz CT molecular complexity index is 1080. The molecular formula is C22H23F3N4O3. The highest BCUT2D eigenvalue weighted by Gasteiger charge is 2.28. The third kappa shape index (κ3) is 6.22. The molecule has 2 amide bonds. The number of hydrogen-bond donors (Lipinski definition) is 3. The molecule has 3 aromatic rings. The molecule has 0 aliphatic carbocycles. The molecule has 2 heterocycles. The van der Waals surface area contributed by atoms with Gasteiger partial charge < -0.3 is 20.4 Å². The van der Waals surface area contributed by atoms with Crippen LogP contribution in [0.25, 0.3) is 10.9 Å². The molecular weight excluding hydrogens is 425 g/mol. The fourth-order valence-electron chi connectivity index (χ4n) is 2.99. The summed E-state index contributed by atoms with van der Waals surface area (Å²) in [6, 6.07) is 9.34. The van der Waals surface area contributed by atoms with Crippen LogP contribution in [-0.2, 0) is 16.0 Å². The number of alkyl halides is 3. The Morgan fingerprint density at radius 1 is 1.12 bits per heavy atom. The van der Waals surface area contributed by atoms with E-state index in [0.717, 1.165) is 16.5 Å². The first-order chi connectivity index (χ1) is 15.1. The molecule has 7 nitrogen and oxygen atoms in total. The van der Waals surface area contributed by atoms with Crippen molar-refractivity contribution in [2.45, 2.75) is 32.5 Å². The monoisotopic (exact) mass is 448 g/mol. The van der Waals surface area contributed by atoms with E-state index < -0.39 is 24.7 Å². The minimum atomic E-state index is -4.47. The summed E-state index contributed by atoms with van der Waals surface area (Å²) in [4.78, 5) is 32.1. The van der Waals surface area contributed by atoms with E-state index in [-0.39, 0.29) is 29.8 Å². The molecule has 10 heteroatoms. The van der Waals surface area contributed by atoms with Crippen molar-refractivity contribution in [3.8, 4) is 5.88 Å². The average Bonchev–Trinajstić information content (AvgIpc) is 3.15. The molecule has 0 saturated heterocycles. The number of pyridine rings is 1. The van der Waals surface area contributed by atoms with Crippen LogP contribution in [0.2, 0.25) is 0 Å². The van der Waals surface area contributed by atoms with Gasteiger partial charge in [-0.25, -0.2) is 4.98 Å². The van der Waals surface area contributed by atoms with Crippen molar-refractivity contribution in [1.29, 1.82) is 0 Å². The first-order valence-corrected chi connectivity index (χ1v) is 9.94. The molecule has 1 atom stereocenters. The van der Waals surface area contributed by atoms with Crippen LogP contribution in [0.5, 0.6) is 5.88 Å². The number of rotatable bonds is 8. The maximum absolute atomic E-state index is 12.9. The molecule has 1 aromatic carbocycles. The summed E-state index contributed by atoms with van der Waals surface area (Å²) in [6.45, 7) is 1.98. The number of amides is 2. The largest absolute Gasteiger partial charge is 0.468 e. The number of nitrogens with zero attached hydrogens (tertiary/aromatic N) is 1. The molecule has 0 radical (unpaired) electrons. The summed E-state index contributed by atoms with van der Waals surface area (Å²) in [7, 11) is 0. The van der Waals surface area contributed by atoms with Crippen LogP contribution in [0.1, 0.15) is 19.4 Å². The highest BCUT2D eigenvalue weighted by Crippen LogP contribution is 2.21. The number of carbonyl (C=O) groups excluding carboxylic acids is 2. The minimum absolute atomic E-state index is 0.219. The van der Waals surface area contributed by atoms with Gasteiger partial charge in [-0.3, -0.25) is 9.59 Å². The maximum atomic E-state index is 12.9. The molecule has 1 unspecified atom stereocenters. The predicted octanol–water partition coefficient (Wildman–Crippen LogP) is 3.83. The number of ether oxygens (including phenoxy) is 1. The van der Waals surface area contributed by atoms with E-state index in [1.807, 2.05) is 24.3 Å². The molecule has 0 bridgehead atoms. The van der Waals surface area contributed by atoms with Crippen molar-refractivity contribution < 1.29 is 27.5 Å². The second-order valence-electron chi connectivity index (χ2n) is 7.56. The van der Waals surface area contributed by atoms with Gasteiger partial charge in [0.25, 0.3) is 0 Å². The van der Waals surface area contributed by atoms with Gasteiger partial charge in [-0.2, -0.15) is 13.2 Å². The van der Waals surface area contributed by atoms with E-state index in [2.05, 4.69) is 25.3 Å². The number of fused-ring (bicyclic) bond motifs is 1.